The number of amides is 1. The Balaban J connectivity index is 1.45. The number of pyridine rings is 1. The van der Waals surface area contributed by atoms with Crippen LogP contribution in [0.25, 0.3) is 10.8 Å². The third-order valence-corrected chi connectivity index (χ3v) is 8.03. The molecule has 0 bridgehead atoms. The van der Waals surface area contributed by atoms with Gasteiger partial charge in [-0.25, -0.2) is 13.4 Å². The number of ether oxygens (including phenoxy) is 2. The summed E-state index contributed by atoms with van der Waals surface area (Å²) >= 11 is 0. The molecule has 1 saturated heterocycles. The minimum atomic E-state index is -3.66. The number of ketones is 1. The third-order valence-electron chi connectivity index (χ3n) is 7.44. The fourth-order valence-electron chi connectivity index (χ4n) is 5.17. The first-order valence-corrected chi connectivity index (χ1v) is 16.4. The fraction of sp³-hybridized carbons (Fsp3) is 0.303. The molecule has 0 spiro atoms. The lowest BCUT2D eigenvalue weighted by molar-refractivity contribution is -0.112. The van der Waals surface area contributed by atoms with E-state index in [1.807, 2.05) is 51.1 Å². The smallest absolute Gasteiger partial charge is 0.296 e. The average Bonchev–Trinajstić information content (AvgIpc) is 3.00. The van der Waals surface area contributed by atoms with E-state index in [-0.39, 0.29) is 22.7 Å². The van der Waals surface area contributed by atoms with Crippen molar-refractivity contribution in [2.75, 3.05) is 59.9 Å². The molecular weight excluding hydrogens is 594 g/mol. The number of benzene rings is 3. The number of nitrogens with zero attached hydrogens (tertiary/aromatic N) is 2. The summed E-state index contributed by atoms with van der Waals surface area (Å²) in [4.78, 5) is 33.8. The van der Waals surface area contributed by atoms with E-state index in [0.717, 1.165) is 47.5 Å². The Labute approximate surface area is 263 Å². The minimum absolute atomic E-state index is 0.0905. The SMILES string of the molecule is COc1c(NC(=O)C(=O)c2ccc(Nc3ccnc(N4CCOCC4)c3)c3ccccc23)cc(C(C)(C)C)cc1NS(C)(=O)=O. The number of carbonyl (C=O) groups is 2. The van der Waals surface area contributed by atoms with Gasteiger partial charge in [0.1, 0.15) is 5.82 Å². The molecule has 236 valence electrons. The number of hydrogen-bond acceptors (Lipinski definition) is 9. The standard InChI is InChI=1S/C33H37N5O6S/c1-33(2,3)21-18-27(31(43-4)28(19-21)37-45(5,41)42)36-32(40)30(39)25-10-11-26(24-9-7-6-8-23(24)25)35-22-12-13-34-29(20-22)38-14-16-44-17-15-38/h6-13,18-20,37H,14-17H2,1-5H3,(H,34,35)(H,36,40). The summed E-state index contributed by atoms with van der Waals surface area (Å²) in [6.07, 6.45) is 2.77. The van der Waals surface area contributed by atoms with Gasteiger partial charge in [0.2, 0.25) is 10.0 Å². The van der Waals surface area contributed by atoms with Crippen LogP contribution in [0.3, 0.4) is 0 Å². The van der Waals surface area contributed by atoms with Crippen molar-refractivity contribution in [3.8, 4) is 5.75 Å². The van der Waals surface area contributed by atoms with Crippen LogP contribution in [0.5, 0.6) is 5.75 Å². The number of nitrogens with one attached hydrogen (secondary N) is 3. The molecule has 1 fully saturated rings. The van der Waals surface area contributed by atoms with E-state index in [0.29, 0.717) is 18.6 Å². The normalized spacial score (nSPS) is 13.8. The van der Waals surface area contributed by atoms with Crippen molar-refractivity contribution in [2.24, 2.45) is 0 Å². The van der Waals surface area contributed by atoms with E-state index in [9.17, 15) is 18.0 Å². The highest BCUT2D eigenvalue weighted by Gasteiger charge is 2.25. The van der Waals surface area contributed by atoms with Crippen molar-refractivity contribution in [1.29, 1.82) is 0 Å². The second-order valence-electron chi connectivity index (χ2n) is 11.8. The Kier molecular flexibility index (Phi) is 8.98. The second kappa shape index (κ2) is 12.7. The number of sulfonamides is 1. The molecule has 0 radical (unpaired) electrons. The molecule has 0 atom stereocenters. The first kappa shape index (κ1) is 31.7. The van der Waals surface area contributed by atoms with Crippen LogP contribution in [0.15, 0.2) is 66.9 Å². The van der Waals surface area contributed by atoms with Crippen molar-refractivity contribution in [1.82, 2.24) is 4.98 Å². The average molecular weight is 632 g/mol. The van der Waals surface area contributed by atoms with Gasteiger partial charge in [0.25, 0.3) is 11.7 Å². The van der Waals surface area contributed by atoms with Gasteiger partial charge in [0.15, 0.2) is 5.75 Å². The minimum Gasteiger partial charge on any atom is -0.492 e. The van der Waals surface area contributed by atoms with Gasteiger partial charge < -0.3 is 25.0 Å². The van der Waals surface area contributed by atoms with Gasteiger partial charge in [-0.15, -0.1) is 0 Å². The van der Waals surface area contributed by atoms with Gasteiger partial charge >= 0.3 is 0 Å². The van der Waals surface area contributed by atoms with Gasteiger partial charge in [0.05, 0.1) is 38.0 Å². The summed E-state index contributed by atoms with van der Waals surface area (Å²) in [5.74, 6) is -0.707. The predicted octanol–water partition coefficient (Wildman–Crippen LogP) is 5.31. The van der Waals surface area contributed by atoms with Crippen LogP contribution in [-0.4, -0.2) is 64.8 Å². The van der Waals surface area contributed by atoms with Crippen molar-refractivity contribution in [3.05, 3.63) is 78.0 Å². The topological polar surface area (TPSA) is 139 Å². The molecular formula is C33H37N5O6S. The molecule has 45 heavy (non-hydrogen) atoms. The first-order valence-electron chi connectivity index (χ1n) is 14.5. The van der Waals surface area contributed by atoms with E-state index in [2.05, 4.69) is 25.2 Å². The Bertz CT molecular complexity index is 1860. The molecule has 0 saturated carbocycles. The lowest BCUT2D eigenvalue weighted by Gasteiger charge is -2.28. The van der Waals surface area contributed by atoms with Crippen LogP contribution in [0.2, 0.25) is 0 Å². The Morgan fingerprint density at radius 1 is 0.933 bits per heavy atom. The Morgan fingerprint density at radius 2 is 1.62 bits per heavy atom. The van der Waals surface area contributed by atoms with E-state index in [1.165, 1.54) is 7.11 Å². The molecule has 1 aliphatic heterocycles. The molecule has 1 aliphatic rings. The van der Waals surface area contributed by atoms with Gasteiger partial charge in [-0.3, -0.25) is 14.3 Å². The molecule has 2 heterocycles. The number of hydrogen-bond donors (Lipinski definition) is 3. The quantitative estimate of drug-likeness (QED) is 0.166. The molecule has 1 amide bonds. The predicted molar refractivity (Wildman–Crippen MR) is 178 cm³/mol. The van der Waals surface area contributed by atoms with Gasteiger partial charge in [-0.1, -0.05) is 45.0 Å². The molecule has 1 aromatic heterocycles. The molecule has 12 heteroatoms. The largest absolute Gasteiger partial charge is 0.492 e. The first-order chi connectivity index (χ1) is 21.3. The Hall–Kier alpha value is -4.68. The van der Waals surface area contributed by atoms with Crippen LogP contribution >= 0.6 is 0 Å². The monoisotopic (exact) mass is 631 g/mol. The number of Topliss-reactive ketones (excluding diaryl/α,β-unsaturated/α-hetero) is 1. The lowest BCUT2D eigenvalue weighted by Crippen LogP contribution is -2.36. The summed E-state index contributed by atoms with van der Waals surface area (Å²) in [5, 5.41) is 7.46. The second-order valence-corrected chi connectivity index (χ2v) is 13.6. The van der Waals surface area contributed by atoms with Crippen LogP contribution in [0.4, 0.5) is 28.6 Å². The fourth-order valence-corrected chi connectivity index (χ4v) is 5.73. The summed E-state index contributed by atoms with van der Waals surface area (Å²) in [5.41, 5.74) is 2.47. The zero-order chi connectivity index (χ0) is 32.4. The molecule has 5 rings (SSSR count). The molecule has 11 nitrogen and oxygen atoms in total. The maximum Gasteiger partial charge on any atom is 0.296 e. The zero-order valence-electron chi connectivity index (χ0n) is 25.9. The van der Waals surface area contributed by atoms with Crippen LogP contribution in [-0.2, 0) is 25.0 Å². The van der Waals surface area contributed by atoms with E-state index < -0.39 is 27.1 Å². The van der Waals surface area contributed by atoms with Crippen molar-refractivity contribution < 1.29 is 27.5 Å². The van der Waals surface area contributed by atoms with E-state index >= 15 is 0 Å². The van der Waals surface area contributed by atoms with E-state index in [1.54, 1.807) is 36.5 Å². The summed E-state index contributed by atoms with van der Waals surface area (Å²) in [6.45, 7) is 8.69. The van der Waals surface area contributed by atoms with Gasteiger partial charge in [-0.2, -0.15) is 0 Å². The van der Waals surface area contributed by atoms with Crippen molar-refractivity contribution in [2.45, 2.75) is 26.2 Å². The van der Waals surface area contributed by atoms with Gasteiger partial charge in [-0.05, 0) is 46.7 Å². The summed E-state index contributed by atoms with van der Waals surface area (Å²) in [7, 11) is -2.30. The zero-order valence-corrected chi connectivity index (χ0v) is 26.7. The van der Waals surface area contributed by atoms with Crippen LogP contribution in [0, 0.1) is 0 Å². The maximum absolute atomic E-state index is 13.6. The summed E-state index contributed by atoms with van der Waals surface area (Å²) < 4.78 is 37.6. The molecule has 0 aliphatic carbocycles. The highest BCUT2D eigenvalue weighted by atomic mass is 32.2. The lowest BCUT2D eigenvalue weighted by atomic mass is 9.86. The highest BCUT2D eigenvalue weighted by molar-refractivity contribution is 7.92. The number of rotatable bonds is 9. The number of methoxy groups -OCH3 is 1. The van der Waals surface area contributed by atoms with Crippen LogP contribution < -0.4 is 25.0 Å². The molecule has 3 N–H and O–H groups in total. The number of carbonyl (C=O) groups excluding carboxylic acids is 2. The van der Waals surface area contributed by atoms with E-state index in [4.69, 9.17) is 9.47 Å². The molecule has 4 aromatic rings. The maximum atomic E-state index is 13.6. The van der Waals surface area contributed by atoms with Crippen LogP contribution in [0.1, 0.15) is 36.7 Å². The third kappa shape index (κ3) is 7.35. The highest BCUT2D eigenvalue weighted by Crippen LogP contribution is 2.39. The number of anilines is 5. The Morgan fingerprint density at radius 3 is 2.29 bits per heavy atom. The molecule has 3 aromatic carbocycles. The number of aromatic nitrogens is 1. The molecule has 0 unspecified atom stereocenters. The summed E-state index contributed by atoms with van der Waals surface area (Å²) in [6, 6.07) is 17.9. The van der Waals surface area contributed by atoms with Crippen molar-refractivity contribution >= 4 is 61.1 Å². The number of morpholine rings is 1. The van der Waals surface area contributed by atoms with Gasteiger partial charge in [0, 0.05) is 47.7 Å². The number of fused-ring (bicyclic) bond motifs is 1. The van der Waals surface area contributed by atoms with Crippen molar-refractivity contribution in [3.63, 3.8) is 0 Å².